The molecule has 0 radical (unpaired) electrons. The topological polar surface area (TPSA) is 103 Å². The maximum absolute atomic E-state index is 13.5. The van der Waals surface area contributed by atoms with E-state index in [0.29, 0.717) is 44.8 Å². The van der Waals surface area contributed by atoms with Crippen molar-refractivity contribution in [3.05, 3.63) is 29.1 Å². The first-order valence-electron chi connectivity index (χ1n) is 12.0. The van der Waals surface area contributed by atoms with Crippen molar-refractivity contribution >= 4 is 17.6 Å². The number of fused-ring (bicyclic) bond motifs is 1. The second kappa shape index (κ2) is 10.8. The Labute approximate surface area is 207 Å². The molecular weight excluding hydrogens is 477 g/mol. The Morgan fingerprint density at radius 1 is 1.39 bits per heavy atom. The average molecular weight is 509 g/mol. The van der Waals surface area contributed by atoms with Crippen LogP contribution in [-0.2, 0) is 20.4 Å². The first kappa shape index (κ1) is 25.9. The maximum atomic E-state index is 13.5. The molecule has 4 N–H and O–H groups in total. The zero-order valence-corrected chi connectivity index (χ0v) is 20.5. The lowest BCUT2D eigenvalue weighted by Gasteiger charge is -2.34. The monoisotopic (exact) mass is 508 g/mol. The molecule has 196 valence electrons. The fraction of sp³-hybridized carbons (Fsp3) is 0.583. The van der Waals surface area contributed by atoms with Crippen LogP contribution in [-0.4, -0.2) is 73.5 Å². The van der Waals surface area contributed by atoms with E-state index in [4.69, 9.17) is 9.47 Å². The number of halogens is 3. The number of hydrogen-bond acceptors (Lipinski definition) is 6. The number of nitrogens with zero attached hydrogens (tertiary/aromatic N) is 2. The van der Waals surface area contributed by atoms with E-state index in [1.54, 1.807) is 6.92 Å². The Morgan fingerprint density at radius 3 is 2.89 bits per heavy atom. The number of amidine groups is 1. The number of hydrogen-bond donors (Lipinski definition) is 4. The zero-order valence-electron chi connectivity index (χ0n) is 20.5. The van der Waals surface area contributed by atoms with E-state index in [1.165, 1.54) is 7.11 Å². The second-order valence-corrected chi connectivity index (χ2v) is 8.84. The molecule has 0 spiro atoms. The van der Waals surface area contributed by atoms with Gasteiger partial charge in [-0.2, -0.15) is 13.2 Å². The van der Waals surface area contributed by atoms with Crippen molar-refractivity contribution in [2.75, 3.05) is 38.7 Å². The number of aliphatic imine (C=N–C) groups is 1. The van der Waals surface area contributed by atoms with E-state index in [0.717, 1.165) is 6.20 Å². The van der Waals surface area contributed by atoms with Gasteiger partial charge in [0.2, 0.25) is 5.91 Å². The Kier molecular flexibility index (Phi) is 7.80. The molecule has 4 atom stereocenters. The highest BCUT2D eigenvalue weighted by molar-refractivity contribution is 6.06. The summed E-state index contributed by atoms with van der Waals surface area (Å²) in [6, 6.07) is 0. The lowest BCUT2D eigenvalue weighted by atomic mass is 9.96. The summed E-state index contributed by atoms with van der Waals surface area (Å²) < 4.78 is 51.6. The molecule has 1 amide bonds. The third-order valence-electron chi connectivity index (χ3n) is 6.24. The van der Waals surface area contributed by atoms with Crippen molar-refractivity contribution < 1.29 is 27.4 Å². The van der Waals surface area contributed by atoms with Crippen LogP contribution in [0.25, 0.3) is 0 Å². The average Bonchev–Trinajstić information content (AvgIpc) is 3.26. The van der Waals surface area contributed by atoms with Gasteiger partial charge in [-0.25, -0.2) is 0 Å². The molecule has 3 unspecified atom stereocenters. The largest absolute Gasteiger partial charge is 0.418 e. The summed E-state index contributed by atoms with van der Waals surface area (Å²) in [6.07, 6.45) is -2.17. The number of alkyl halides is 3. The molecule has 1 aromatic heterocycles. The zero-order chi connectivity index (χ0) is 25.9. The number of nitrogens with one attached hydrogen (secondary N) is 4. The lowest BCUT2D eigenvalue weighted by molar-refractivity contribution is -0.142. The molecular formula is C24H31F3N6O3. The number of rotatable bonds is 5. The van der Waals surface area contributed by atoms with Crippen LogP contribution in [0.15, 0.2) is 23.0 Å². The number of methoxy groups -OCH3 is 1. The SMILES string of the molecule is CCN=C1NC(NC2=CCC(C(=O)N3CCO[C@H](C)C3)CC#CC2OC)Nc2[nH]cc(C(F)(F)F)c21. The summed E-state index contributed by atoms with van der Waals surface area (Å²) in [5, 5.41) is 9.24. The van der Waals surface area contributed by atoms with E-state index in [9.17, 15) is 18.0 Å². The molecule has 1 saturated heterocycles. The molecule has 12 heteroatoms. The first-order chi connectivity index (χ1) is 17.2. The molecule has 0 saturated carbocycles. The molecule has 0 bridgehead atoms. The van der Waals surface area contributed by atoms with Gasteiger partial charge in [0.15, 0.2) is 12.4 Å². The predicted octanol–water partition coefficient (Wildman–Crippen LogP) is 2.25. The quantitative estimate of drug-likeness (QED) is 0.455. The standard InChI is InChI=1S/C24H31F3N6O3/c1-4-28-20-19-16(24(25,26)27)12-29-21(19)32-23(31-20)30-17-9-8-15(6-5-7-18(17)35-3)22(34)33-10-11-36-14(2)13-33/h9,12,14-15,18,23,29-30,32H,4,6,8,10-11,13H2,1-3H3,(H,28,31)/t14-,15?,18?,23?/m1/s1. The highest BCUT2D eigenvalue weighted by atomic mass is 19.4. The number of aromatic nitrogens is 1. The highest BCUT2D eigenvalue weighted by Crippen LogP contribution is 2.36. The van der Waals surface area contributed by atoms with Crippen LogP contribution in [0, 0.1) is 17.8 Å². The Morgan fingerprint density at radius 2 is 2.19 bits per heavy atom. The van der Waals surface area contributed by atoms with E-state index < -0.39 is 24.1 Å². The molecule has 0 aromatic carbocycles. The Bertz CT molecular complexity index is 1090. The van der Waals surface area contributed by atoms with Gasteiger partial charge in [0, 0.05) is 39.4 Å². The molecule has 1 aliphatic carbocycles. The van der Waals surface area contributed by atoms with Crippen LogP contribution in [0.1, 0.15) is 37.8 Å². The summed E-state index contributed by atoms with van der Waals surface area (Å²) in [7, 11) is 1.53. The van der Waals surface area contributed by atoms with Gasteiger partial charge in [0.05, 0.1) is 35.5 Å². The molecule has 1 aromatic rings. The van der Waals surface area contributed by atoms with Gasteiger partial charge < -0.3 is 35.3 Å². The van der Waals surface area contributed by atoms with Crippen molar-refractivity contribution in [2.45, 2.75) is 51.4 Å². The number of H-pyrrole nitrogens is 1. The summed E-state index contributed by atoms with van der Waals surface area (Å²) in [5.41, 5.74) is -0.250. The van der Waals surface area contributed by atoms with Gasteiger partial charge in [-0.05, 0) is 20.3 Å². The van der Waals surface area contributed by atoms with Crippen molar-refractivity contribution in [2.24, 2.45) is 10.9 Å². The van der Waals surface area contributed by atoms with Crippen LogP contribution in [0.3, 0.4) is 0 Å². The summed E-state index contributed by atoms with van der Waals surface area (Å²) in [5.74, 6) is 6.16. The maximum Gasteiger partial charge on any atom is 0.418 e. The van der Waals surface area contributed by atoms with Crippen molar-refractivity contribution in [3.63, 3.8) is 0 Å². The number of carbonyl (C=O) groups excluding carboxylic acids is 1. The summed E-state index contributed by atoms with van der Waals surface area (Å²) in [4.78, 5) is 21.9. The Hall–Kier alpha value is -3.17. The van der Waals surface area contributed by atoms with Crippen LogP contribution in [0.5, 0.6) is 0 Å². The minimum atomic E-state index is -4.53. The molecule has 4 rings (SSSR count). The highest BCUT2D eigenvalue weighted by Gasteiger charge is 2.40. The molecule has 2 aliphatic heterocycles. The third kappa shape index (κ3) is 5.63. The van der Waals surface area contributed by atoms with Gasteiger partial charge in [0.1, 0.15) is 11.7 Å². The Balaban J connectivity index is 1.53. The number of aromatic amines is 1. The van der Waals surface area contributed by atoms with Crippen LogP contribution in [0.4, 0.5) is 19.0 Å². The molecule has 3 heterocycles. The number of anilines is 1. The van der Waals surface area contributed by atoms with Crippen molar-refractivity contribution in [1.29, 1.82) is 0 Å². The predicted molar refractivity (Wildman–Crippen MR) is 128 cm³/mol. The van der Waals surface area contributed by atoms with Crippen molar-refractivity contribution in [3.8, 4) is 11.8 Å². The number of ether oxygens (including phenoxy) is 2. The van der Waals surface area contributed by atoms with Crippen LogP contribution in [0.2, 0.25) is 0 Å². The number of carbonyl (C=O) groups is 1. The first-order valence-corrected chi connectivity index (χ1v) is 12.0. The number of allylic oxidation sites excluding steroid dienone is 1. The van der Waals surface area contributed by atoms with Crippen LogP contribution < -0.4 is 16.0 Å². The minimum absolute atomic E-state index is 0.00819. The normalized spacial score (nSPS) is 27.4. The van der Waals surface area contributed by atoms with E-state index in [2.05, 4.69) is 37.8 Å². The number of morpholine rings is 1. The van der Waals surface area contributed by atoms with E-state index >= 15 is 0 Å². The summed E-state index contributed by atoms with van der Waals surface area (Å²) >= 11 is 0. The molecule has 3 aliphatic rings. The van der Waals surface area contributed by atoms with Gasteiger partial charge in [-0.3, -0.25) is 9.79 Å². The van der Waals surface area contributed by atoms with Gasteiger partial charge >= 0.3 is 6.18 Å². The second-order valence-electron chi connectivity index (χ2n) is 8.84. The minimum Gasteiger partial charge on any atom is -0.375 e. The fourth-order valence-corrected chi connectivity index (χ4v) is 4.52. The summed E-state index contributed by atoms with van der Waals surface area (Å²) in [6.45, 7) is 5.60. The van der Waals surface area contributed by atoms with Gasteiger partial charge in [-0.15, -0.1) is 0 Å². The lowest BCUT2D eigenvalue weighted by Crippen LogP contribution is -2.55. The molecule has 9 nitrogen and oxygen atoms in total. The molecule has 36 heavy (non-hydrogen) atoms. The molecule has 1 fully saturated rings. The van der Waals surface area contributed by atoms with Crippen LogP contribution >= 0.6 is 0 Å². The van der Waals surface area contributed by atoms with E-state index in [-0.39, 0.29) is 35.1 Å². The van der Waals surface area contributed by atoms with Gasteiger partial charge in [0.25, 0.3) is 0 Å². The number of amides is 1. The van der Waals surface area contributed by atoms with E-state index in [1.807, 2.05) is 17.9 Å². The fourth-order valence-electron chi connectivity index (χ4n) is 4.52. The smallest absolute Gasteiger partial charge is 0.375 e. The van der Waals surface area contributed by atoms with Gasteiger partial charge in [-0.1, -0.05) is 17.9 Å². The van der Waals surface area contributed by atoms with Crippen molar-refractivity contribution in [1.82, 2.24) is 20.5 Å². The third-order valence-corrected chi connectivity index (χ3v) is 6.24.